The predicted molar refractivity (Wildman–Crippen MR) is 94.6 cm³/mol. The van der Waals surface area contributed by atoms with E-state index in [1.807, 2.05) is 0 Å². The Morgan fingerprint density at radius 1 is 1.46 bits per heavy atom. The Balaban J connectivity index is 2.03. The maximum atomic E-state index is 12.3. The highest BCUT2D eigenvalue weighted by Gasteiger charge is 2.40. The summed E-state index contributed by atoms with van der Waals surface area (Å²) in [6.45, 7) is 11.2. The molecule has 0 radical (unpaired) electrons. The Labute approximate surface area is 143 Å². The first-order valence-corrected chi connectivity index (χ1v) is 8.40. The third-order valence-electron chi connectivity index (χ3n) is 4.62. The third kappa shape index (κ3) is 4.56. The molecule has 0 spiro atoms. The number of aromatic amines is 1. The van der Waals surface area contributed by atoms with E-state index in [1.54, 1.807) is 6.92 Å². The van der Waals surface area contributed by atoms with Crippen molar-refractivity contribution in [3.63, 3.8) is 0 Å². The van der Waals surface area contributed by atoms with Crippen molar-refractivity contribution in [1.29, 1.82) is 0 Å². The molecule has 0 aliphatic heterocycles. The van der Waals surface area contributed by atoms with Gasteiger partial charge in [-0.15, -0.1) is 0 Å². The highest BCUT2D eigenvalue weighted by atomic mass is 16.2. The van der Waals surface area contributed by atoms with Crippen molar-refractivity contribution in [3.05, 3.63) is 22.1 Å². The Hall–Kier alpha value is -1.89. The van der Waals surface area contributed by atoms with Crippen LogP contribution in [0.3, 0.4) is 0 Å². The lowest BCUT2D eigenvalue weighted by Gasteiger charge is -2.46. The van der Waals surface area contributed by atoms with Crippen molar-refractivity contribution < 1.29 is 4.79 Å². The van der Waals surface area contributed by atoms with E-state index in [9.17, 15) is 9.59 Å². The minimum Gasteiger partial charge on any atom is -0.336 e. The fourth-order valence-corrected chi connectivity index (χ4v) is 4.44. The largest absolute Gasteiger partial charge is 0.338 e. The number of urea groups is 1. The molecule has 7 heteroatoms. The molecule has 1 fully saturated rings. The lowest BCUT2D eigenvalue weighted by atomic mass is 9.61. The molecule has 2 unspecified atom stereocenters. The van der Waals surface area contributed by atoms with Crippen LogP contribution < -0.4 is 21.7 Å². The maximum absolute atomic E-state index is 12.3. The smallest absolute Gasteiger partial charge is 0.336 e. The fourth-order valence-electron chi connectivity index (χ4n) is 4.44. The Morgan fingerprint density at radius 3 is 2.71 bits per heavy atom. The number of nitrogens with one attached hydrogen (secondary N) is 2. The summed E-state index contributed by atoms with van der Waals surface area (Å²) >= 11 is 0. The van der Waals surface area contributed by atoms with Crippen molar-refractivity contribution in [2.24, 2.45) is 22.6 Å². The van der Waals surface area contributed by atoms with Gasteiger partial charge in [0, 0.05) is 18.3 Å². The monoisotopic (exact) mass is 335 g/mol. The van der Waals surface area contributed by atoms with Crippen molar-refractivity contribution >= 4 is 12.0 Å². The molecule has 2 rings (SSSR count). The summed E-state index contributed by atoms with van der Waals surface area (Å²) in [5.74, 6) is 6.47. The molecule has 1 saturated carbocycles. The lowest BCUT2D eigenvalue weighted by molar-refractivity contribution is 0.0627. The van der Waals surface area contributed by atoms with Crippen LogP contribution in [0.2, 0.25) is 0 Å². The number of rotatable bonds is 3. The molecule has 0 aromatic carbocycles. The van der Waals surface area contributed by atoms with Crippen LogP contribution in [0.1, 0.15) is 52.7 Å². The molecule has 2 amide bonds. The highest BCUT2D eigenvalue weighted by Crippen LogP contribution is 2.48. The highest BCUT2D eigenvalue weighted by molar-refractivity contribution is 5.88. The molecule has 2 atom stereocenters. The van der Waals surface area contributed by atoms with Gasteiger partial charge in [-0.1, -0.05) is 27.7 Å². The number of hydrazine groups is 1. The van der Waals surface area contributed by atoms with Gasteiger partial charge in [-0.05, 0) is 42.9 Å². The number of aromatic nitrogens is 2. The second kappa shape index (κ2) is 6.55. The van der Waals surface area contributed by atoms with Crippen LogP contribution in [0.4, 0.5) is 10.7 Å². The number of aryl methyl sites for hydroxylation is 1. The third-order valence-corrected chi connectivity index (χ3v) is 4.62. The van der Waals surface area contributed by atoms with E-state index in [-0.39, 0.29) is 22.3 Å². The molecule has 1 aliphatic carbocycles. The molecule has 1 heterocycles. The molecule has 134 valence electrons. The number of nitrogens with two attached hydrogens (primary N) is 1. The number of hydrogen-bond donors (Lipinski definition) is 3. The van der Waals surface area contributed by atoms with E-state index >= 15 is 0 Å². The number of amides is 2. The number of H-pyrrole nitrogens is 1. The van der Waals surface area contributed by atoms with E-state index in [0.717, 1.165) is 17.9 Å². The van der Waals surface area contributed by atoms with Crippen LogP contribution in [-0.4, -0.2) is 22.5 Å². The second-order valence-electron chi connectivity index (χ2n) is 8.40. The van der Waals surface area contributed by atoms with Gasteiger partial charge in [0.1, 0.15) is 0 Å². The van der Waals surface area contributed by atoms with Gasteiger partial charge < -0.3 is 5.32 Å². The summed E-state index contributed by atoms with van der Waals surface area (Å²) in [5.41, 5.74) is 0.468. The molecular formula is C17H29N5O2. The Bertz CT molecular complexity index is 669. The van der Waals surface area contributed by atoms with Crippen molar-refractivity contribution in [3.8, 4) is 0 Å². The first-order valence-electron chi connectivity index (χ1n) is 8.40. The fraction of sp³-hybridized carbons (Fsp3) is 0.706. The lowest BCUT2D eigenvalue weighted by Crippen LogP contribution is -2.50. The summed E-state index contributed by atoms with van der Waals surface area (Å²) in [4.78, 5) is 30.4. The van der Waals surface area contributed by atoms with E-state index in [1.165, 1.54) is 12.5 Å². The van der Waals surface area contributed by atoms with E-state index < -0.39 is 6.03 Å². The number of anilines is 1. The molecule has 1 aliphatic rings. The second-order valence-corrected chi connectivity index (χ2v) is 8.40. The normalized spacial score (nSPS) is 26.0. The van der Waals surface area contributed by atoms with Gasteiger partial charge in [0.15, 0.2) is 0 Å². The van der Waals surface area contributed by atoms with Gasteiger partial charge in [0.05, 0.1) is 0 Å². The Morgan fingerprint density at radius 2 is 2.12 bits per heavy atom. The van der Waals surface area contributed by atoms with E-state index in [0.29, 0.717) is 18.2 Å². The average Bonchev–Trinajstić information content (AvgIpc) is 2.40. The van der Waals surface area contributed by atoms with Gasteiger partial charge in [-0.3, -0.25) is 9.78 Å². The molecule has 7 nitrogen and oxygen atoms in total. The molecule has 4 N–H and O–H groups in total. The summed E-state index contributed by atoms with van der Waals surface area (Å²) in [6.07, 6.45) is 3.32. The molecule has 1 aromatic heterocycles. The predicted octanol–water partition coefficient (Wildman–Crippen LogP) is 2.32. The molecule has 0 saturated heterocycles. The maximum Gasteiger partial charge on any atom is 0.338 e. The molecule has 0 bridgehead atoms. The van der Waals surface area contributed by atoms with Crippen molar-refractivity contribution in [2.75, 3.05) is 11.6 Å². The van der Waals surface area contributed by atoms with Crippen molar-refractivity contribution in [1.82, 2.24) is 15.3 Å². The minimum atomic E-state index is -0.471. The number of carbonyl (C=O) groups is 1. The number of carbonyl (C=O) groups excluding carboxylic acids is 1. The zero-order valence-corrected chi connectivity index (χ0v) is 15.3. The van der Waals surface area contributed by atoms with Crippen LogP contribution in [0.25, 0.3) is 0 Å². The minimum absolute atomic E-state index is 0.0328. The van der Waals surface area contributed by atoms with Gasteiger partial charge in [0.25, 0.3) is 5.56 Å². The standard InChI is InChI=1S/C17H29N5O2/c1-11-7-16(3,4)9-17(5,8-11)10-19-15(24)22(18)14-20-12(2)6-13(23)21-14/h6,11H,7-10,18H2,1-5H3,(H,19,24)(H,20,21,23). The summed E-state index contributed by atoms with van der Waals surface area (Å²) < 4.78 is 0. The van der Waals surface area contributed by atoms with Crippen LogP contribution in [-0.2, 0) is 0 Å². The van der Waals surface area contributed by atoms with Gasteiger partial charge >= 0.3 is 6.03 Å². The summed E-state index contributed by atoms with van der Waals surface area (Å²) in [5, 5.41) is 3.74. The summed E-state index contributed by atoms with van der Waals surface area (Å²) in [7, 11) is 0. The zero-order chi connectivity index (χ0) is 18.1. The molecule has 1 aromatic rings. The summed E-state index contributed by atoms with van der Waals surface area (Å²) in [6, 6.07) is 0.878. The SMILES string of the molecule is Cc1cc(=O)[nH]c(N(N)C(=O)NCC2(C)CC(C)CC(C)(C)C2)n1. The van der Waals surface area contributed by atoms with Crippen LogP contribution in [0, 0.1) is 23.7 Å². The van der Waals surface area contributed by atoms with Gasteiger partial charge in [-0.2, -0.15) is 5.01 Å². The first-order chi connectivity index (χ1) is 11.0. The van der Waals surface area contributed by atoms with E-state index in [2.05, 4.69) is 43.0 Å². The number of nitrogens with zero attached hydrogens (tertiary/aromatic N) is 2. The topological polar surface area (TPSA) is 104 Å². The van der Waals surface area contributed by atoms with Gasteiger partial charge in [0.2, 0.25) is 5.95 Å². The van der Waals surface area contributed by atoms with Crippen LogP contribution in [0.15, 0.2) is 10.9 Å². The quantitative estimate of drug-likeness (QED) is 0.448. The van der Waals surface area contributed by atoms with E-state index in [4.69, 9.17) is 5.84 Å². The van der Waals surface area contributed by atoms with Crippen LogP contribution in [0.5, 0.6) is 0 Å². The Kier molecular flexibility index (Phi) is 5.03. The van der Waals surface area contributed by atoms with Crippen LogP contribution >= 0.6 is 0 Å². The number of hydrogen-bond acceptors (Lipinski definition) is 4. The average molecular weight is 335 g/mol. The van der Waals surface area contributed by atoms with Crippen molar-refractivity contribution in [2.45, 2.75) is 53.9 Å². The zero-order valence-electron chi connectivity index (χ0n) is 15.3. The first kappa shape index (κ1) is 18.4. The molecular weight excluding hydrogens is 306 g/mol. The van der Waals surface area contributed by atoms with Gasteiger partial charge in [-0.25, -0.2) is 15.6 Å². The molecule has 24 heavy (non-hydrogen) atoms.